The summed E-state index contributed by atoms with van der Waals surface area (Å²) in [6.07, 6.45) is 1.36. The van der Waals surface area contributed by atoms with Crippen molar-refractivity contribution in [1.29, 1.82) is 0 Å². The highest BCUT2D eigenvalue weighted by Gasteiger charge is 2.44. The zero-order chi connectivity index (χ0) is 20.3. The minimum atomic E-state index is -0.819. The van der Waals surface area contributed by atoms with Crippen LogP contribution in [-0.2, 0) is 9.53 Å². The summed E-state index contributed by atoms with van der Waals surface area (Å²) in [5, 5.41) is 10.5. The molecule has 148 valence electrons. The number of amides is 1. The Labute approximate surface area is 161 Å². The number of benzene rings is 1. The number of rotatable bonds is 8. The number of methoxy groups -OCH3 is 3. The van der Waals surface area contributed by atoms with Crippen molar-refractivity contribution in [3.8, 4) is 11.5 Å². The summed E-state index contributed by atoms with van der Waals surface area (Å²) >= 11 is 0. The molecule has 0 aliphatic carbocycles. The van der Waals surface area contributed by atoms with Gasteiger partial charge in [0.05, 0.1) is 38.7 Å². The zero-order valence-corrected chi connectivity index (χ0v) is 15.8. The molecule has 0 saturated heterocycles. The second kappa shape index (κ2) is 8.18. The monoisotopic (exact) mass is 387 g/mol. The molecule has 0 unspecified atom stereocenters. The van der Waals surface area contributed by atoms with Crippen LogP contribution in [0.25, 0.3) is 0 Å². The molecular weight excluding hydrogens is 366 g/mol. The van der Waals surface area contributed by atoms with Crippen LogP contribution in [0, 0.1) is 0 Å². The lowest BCUT2D eigenvalue weighted by Gasteiger charge is -2.27. The fourth-order valence-corrected chi connectivity index (χ4v) is 3.22. The molecule has 28 heavy (non-hydrogen) atoms. The molecule has 1 amide bonds. The molecule has 0 radical (unpaired) electrons. The first-order valence-corrected chi connectivity index (χ1v) is 8.56. The van der Waals surface area contributed by atoms with E-state index in [2.05, 4.69) is 0 Å². The number of nitrogens with zero attached hydrogens (tertiary/aromatic N) is 1. The molecule has 1 aromatic heterocycles. The van der Waals surface area contributed by atoms with Crippen molar-refractivity contribution in [2.24, 2.45) is 0 Å². The van der Waals surface area contributed by atoms with Gasteiger partial charge in [-0.3, -0.25) is 9.59 Å². The van der Waals surface area contributed by atoms with Gasteiger partial charge < -0.3 is 28.6 Å². The Morgan fingerprint density at radius 2 is 1.93 bits per heavy atom. The largest absolute Gasteiger partial charge is 0.503 e. The van der Waals surface area contributed by atoms with E-state index < -0.39 is 23.5 Å². The lowest BCUT2D eigenvalue weighted by molar-refractivity contribution is -0.130. The Morgan fingerprint density at radius 1 is 1.18 bits per heavy atom. The van der Waals surface area contributed by atoms with E-state index in [1.807, 2.05) is 0 Å². The highest BCUT2D eigenvalue weighted by molar-refractivity contribution is 6.15. The molecule has 8 heteroatoms. The van der Waals surface area contributed by atoms with Gasteiger partial charge in [0.2, 0.25) is 5.78 Å². The third-order valence-corrected chi connectivity index (χ3v) is 4.55. The van der Waals surface area contributed by atoms with E-state index in [9.17, 15) is 14.7 Å². The summed E-state index contributed by atoms with van der Waals surface area (Å²) in [6, 6.07) is 7.29. The van der Waals surface area contributed by atoms with Crippen LogP contribution in [0.3, 0.4) is 0 Å². The number of carbonyl (C=O) groups excluding carboxylic acids is 2. The Morgan fingerprint density at radius 3 is 2.54 bits per heavy atom. The smallest absolute Gasteiger partial charge is 0.290 e. The standard InChI is InChI=1S/C20H21NO7/c1-25-10-8-21-17(12-6-7-13(26-2)15(11-12)27-3)16(19(23)20(21)24)18(22)14-5-4-9-28-14/h4-7,9,11,17,23H,8,10H2,1-3H3/t17-/m0/s1. The zero-order valence-electron chi connectivity index (χ0n) is 15.8. The molecule has 1 atom stereocenters. The van der Waals surface area contributed by atoms with Crippen molar-refractivity contribution in [1.82, 2.24) is 4.90 Å². The van der Waals surface area contributed by atoms with E-state index in [1.165, 1.54) is 38.6 Å². The number of Topliss-reactive ketones (excluding diaryl/α,β-unsaturated/α-hetero) is 1. The number of hydrogen-bond acceptors (Lipinski definition) is 7. The molecule has 1 aliphatic rings. The molecule has 2 aromatic rings. The van der Waals surface area contributed by atoms with Crippen LogP contribution < -0.4 is 9.47 Å². The first-order valence-electron chi connectivity index (χ1n) is 8.56. The average Bonchev–Trinajstić information content (AvgIpc) is 3.33. The first kappa shape index (κ1) is 19.5. The number of aliphatic hydroxyl groups excluding tert-OH is 1. The van der Waals surface area contributed by atoms with Gasteiger partial charge in [-0.25, -0.2) is 0 Å². The number of carbonyl (C=O) groups is 2. The molecule has 3 rings (SSSR count). The van der Waals surface area contributed by atoms with Gasteiger partial charge in [0.1, 0.15) is 0 Å². The van der Waals surface area contributed by atoms with E-state index in [4.69, 9.17) is 18.6 Å². The highest BCUT2D eigenvalue weighted by Crippen LogP contribution is 2.41. The van der Waals surface area contributed by atoms with Crippen LogP contribution in [0.2, 0.25) is 0 Å². The lowest BCUT2D eigenvalue weighted by Crippen LogP contribution is -2.34. The van der Waals surface area contributed by atoms with Gasteiger partial charge in [-0.05, 0) is 29.8 Å². The molecule has 1 N–H and O–H groups in total. The third kappa shape index (κ3) is 3.34. The van der Waals surface area contributed by atoms with E-state index in [0.717, 1.165) is 0 Å². The average molecular weight is 387 g/mol. The minimum Gasteiger partial charge on any atom is -0.503 e. The fraction of sp³-hybridized carbons (Fsp3) is 0.300. The second-order valence-corrected chi connectivity index (χ2v) is 6.08. The molecule has 0 saturated carbocycles. The lowest BCUT2D eigenvalue weighted by atomic mass is 9.94. The van der Waals surface area contributed by atoms with E-state index >= 15 is 0 Å². The maximum Gasteiger partial charge on any atom is 0.290 e. The van der Waals surface area contributed by atoms with Crippen LogP contribution in [0.1, 0.15) is 22.2 Å². The summed E-state index contributed by atoms with van der Waals surface area (Å²) < 4.78 is 20.8. The third-order valence-electron chi connectivity index (χ3n) is 4.55. The molecule has 2 heterocycles. The predicted molar refractivity (Wildman–Crippen MR) is 98.6 cm³/mol. The van der Waals surface area contributed by atoms with Crippen LogP contribution >= 0.6 is 0 Å². The van der Waals surface area contributed by atoms with E-state index in [1.54, 1.807) is 24.3 Å². The van der Waals surface area contributed by atoms with Crippen molar-refractivity contribution in [3.63, 3.8) is 0 Å². The Kier molecular flexibility index (Phi) is 5.70. The summed E-state index contributed by atoms with van der Waals surface area (Å²) in [5.41, 5.74) is 0.532. The Bertz CT molecular complexity index is 901. The summed E-state index contributed by atoms with van der Waals surface area (Å²) in [5.74, 6) is -0.825. The molecular formula is C20H21NO7. The van der Waals surface area contributed by atoms with Crippen molar-refractivity contribution in [3.05, 3.63) is 59.3 Å². The Hall–Kier alpha value is -3.26. The Balaban J connectivity index is 2.11. The van der Waals surface area contributed by atoms with Crippen molar-refractivity contribution in [2.45, 2.75) is 6.04 Å². The topological polar surface area (TPSA) is 98.4 Å². The maximum atomic E-state index is 13.0. The SMILES string of the molecule is COCCN1C(=O)C(O)=C(C(=O)c2ccco2)[C@@H]1c1ccc(OC)c(OC)c1. The van der Waals surface area contributed by atoms with Crippen LogP contribution in [0.15, 0.2) is 52.3 Å². The molecule has 0 bridgehead atoms. The molecule has 8 nitrogen and oxygen atoms in total. The van der Waals surface area contributed by atoms with Gasteiger partial charge in [0.25, 0.3) is 5.91 Å². The quantitative estimate of drug-likeness (QED) is 0.695. The van der Waals surface area contributed by atoms with Crippen LogP contribution in [-0.4, -0.2) is 56.2 Å². The van der Waals surface area contributed by atoms with Gasteiger partial charge in [-0.15, -0.1) is 0 Å². The maximum absolute atomic E-state index is 13.0. The van der Waals surface area contributed by atoms with Crippen LogP contribution in [0.5, 0.6) is 11.5 Å². The van der Waals surface area contributed by atoms with Gasteiger partial charge >= 0.3 is 0 Å². The molecule has 1 aromatic carbocycles. The molecule has 0 fully saturated rings. The van der Waals surface area contributed by atoms with Crippen molar-refractivity contribution >= 4 is 11.7 Å². The number of furan rings is 1. The number of aliphatic hydroxyl groups is 1. The second-order valence-electron chi connectivity index (χ2n) is 6.08. The molecule has 0 spiro atoms. The van der Waals surface area contributed by atoms with E-state index in [-0.39, 0.29) is 24.5 Å². The summed E-state index contributed by atoms with van der Waals surface area (Å²) in [7, 11) is 4.51. The first-order chi connectivity index (χ1) is 13.5. The summed E-state index contributed by atoms with van der Waals surface area (Å²) in [6.45, 7) is 0.429. The number of hydrogen-bond donors (Lipinski definition) is 1. The molecule has 1 aliphatic heterocycles. The van der Waals surface area contributed by atoms with Gasteiger partial charge in [-0.2, -0.15) is 0 Å². The van der Waals surface area contributed by atoms with Crippen molar-refractivity contribution < 1.29 is 33.3 Å². The normalized spacial score (nSPS) is 16.6. The fourth-order valence-electron chi connectivity index (χ4n) is 3.22. The van der Waals surface area contributed by atoms with Crippen LogP contribution in [0.4, 0.5) is 0 Å². The predicted octanol–water partition coefficient (Wildman–Crippen LogP) is 2.52. The van der Waals surface area contributed by atoms with E-state index in [0.29, 0.717) is 17.1 Å². The number of ether oxygens (including phenoxy) is 3. The van der Waals surface area contributed by atoms with Gasteiger partial charge in [0.15, 0.2) is 23.0 Å². The minimum absolute atomic E-state index is 0.0356. The summed E-state index contributed by atoms with van der Waals surface area (Å²) in [4.78, 5) is 27.0. The van der Waals surface area contributed by atoms with Gasteiger partial charge in [0, 0.05) is 13.7 Å². The van der Waals surface area contributed by atoms with Gasteiger partial charge in [-0.1, -0.05) is 6.07 Å². The highest BCUT2D eigenvalue weighted by atomic mass is 16.5. The number of ketones is 1. The van der Waals surface area contributed by atoms with Crippen molar-refractivity contribution in [2.75, 3.05) is 34.5 Å².